The molecule has 2 rings (SSSR count). The molecule has 1 aliphatic carbocycles. The van der Waals surface area contributed by atoms with Crippen molar-refractivity contribution in [1.29, 1.82) is 0 Å². The number of aliphatic carboxylic acids is 1. The molecule has 1 saturated heterocycles. The SMILES string of the molecule is CC1CCN(C(=O)COCC(=O)O)C2CCCCC12. The van der Waals surface area contributed by atoms with Gasteiger partial charge in [-0.05, 0) is 31.1 Å². The highest BCUT2D eigenvalue weighted by molar-refractivity contribution is 5.78. The summed E-state index contributed by atoms with van der Waals surface area (Å²) in [6.45, 7) is 2.57. The van der Waals surface area contributed by atoms with E-state index in [0.29, 0.717) is 17.9 Å². The molecule has 1 heterocycles. The average molecular weight is 269 g/mol. The van der Waals surface area contributed by atoms with Gasteiger partial charge in [0.2, 0.25) is 5.91 Å². The van der Waals surface area contributed by atoms with E-state index in [1.165, 1.54) is 19.3 Å². The molecule has 0 aromatic heterocycles. The van der Waals surface area contributed by atoms with Gasteiger partial charge >= 0.3 is 5.97 Å². The van der Waals surface area contributed by atoms with E-state index in [-0.39, 0.29) is 12.5 Å². The van der Waals surface area contributed by atoms with Crippen molar-refractivity contribution in [3.63, 3.8) is 0 Å². The topological polar surface area (TPSA) is 66.8 Å². The molecule has 5 nitrogen and oxygen atoms in total. The van der Waals surface area contributed by atoms with Crippen molar-refractivity contribution in [1.82, 2.24) is 4.90 Å². The van der Waals surface area contributed by atoms with Crippen molar-refractivity contribution in [3.8, 4) is 0 Å². The van der Waals surface area contributed by atoms with Gasteiger partial charge in [0, 0.05) is 12.6 Å². The lowest BCUT2D eigenvalue weighted by Gasteiger charge is -2.47. The normalized spacial score (nSPS) is 30.8. The third kappa shape index (κ3) is 3.47. The number of fused-ring (bicyclic) bond motifs is 1. The second-order valence-corrected chi connectivity index (χ2v) is 5.76. The Bertz CT molecular complexity index is 344. The van der Waals surface area contributed by atoms with Crippen LogP contribution in [0.2, 0.25) is 0 Å². The predicted molar refractivity (Wildman–Crippen MR) is 69.7 cm³/mol. The van der Waals surface area contributed by atoms with Crippen LogP contribution in [0.15, 0.2) is 0 Å². The van der Waals surface area contributed by atoms with Gasteiger partial charge in [-0.25, -0.2) is 4.79 Å². The van der Waals surface area contributed by atoms with Gasteiger partial charge in [-0.3, -0.25) is 4.79 Å². The number of nitrogens with zero attached hydrogens (tertiary/aromatic N) is 1. The summed E-state index contributed by atoms with van der Waals surface area (Å²) in [6, 6.07) is 0.346. The molecule has 5 heteroatoms. The van der Waals surface area contributed by atoms with E-state index >= 15 is 0 Å². The summed E-state index contributed by atoms with van der Waals surface area (Å²) in [7, 11) is 0. The maximum absolute atomic E-state index is 12.1. The summed E-state index contributed by atoms with van der Waals surface area (Å²) in [6.07, 6.45) is 5.80. The predicted octanol–water partition coefficient (Wildman–Crippen LogP) is 1.51. The first kappa shape index (κ1) is 14.3. The number of piperidine rings is 1. The fourth-order valence-electron chi connectivity index (χ4n) is 3.53. The number of carboxylic acid groups (broad SMARTS) is 1. The molecule has 1 saturated carbocycles. The Morgan fingerprint density at radius 3 is 2.68 bits per heavy atom. The van der Waals surface area contributed by atoms with E-state index in [0.717, 1.165) is 19.4 Å². The molecule has 1 N–H and O–H groups in total. The summed E-state index contributed by atoms with van der Waals surface area (Å²) >= 11 is 0. The fraction of sp³-hybridized carbons (Fsp3) is 0.857. The van der Waals surface area contributed by atoms with Crippen LogP contribution in [-0.4, -0.2) is 47.7 Å². The van der Waals surface area contributed by atoms with Crippen LogP contribution in [0.1, 0.15) is 39.0 Å². The highest BCUT2D eigenvalue weighted by Gasteiger charge is 2.39. The van der Waals surface area contributed by atoms with E-state index in [1.54, 1.807) is 0 Å². The van der Waals surface area contributed by atoms with Crippen LogP contribution in [-0.2, 0) is 14.3 Å². The Morgan fingerprint density at radius 2 is 1.95 bits per heavy atom. The van der Waals surface area contributed by atoms with Crippen molar-refractivity contribution in [2.45, 2.75) is 45.1 Å². The Balaban J connectivity index is 1.91. The van der Waals surface area contributed by atoms with Crippen LogP contribution in [0.4, 0.5) is 0 Å². The molecule has 1 amide bonds. The van der Waals surface area contributed by atoms with Gasteiger partial charge in [0.05, 0.1) is 0 Å². The summed E-state index contributed by atoms with van der Waals surface area (Å²) in [5, 5.41) is 8.51. The standard InChI is InChI=1S/C14H23NO4/c1-10-6-7-15(12-5-3-2-4-11(10)12)13(16)8-19-9-14(17)18/h10-12H,2-9H2,1H3,(H,17,18). The molecule has 0 bridgehead atoms. The molecule has 1 aliphatic heterocycles. The van der Waals surface area contributed by atoms with Crippen LogP contribution >= 0.6 is 0 Å². The summed E-state index contributed by atoms with van der Waals surface area (Å²) in [4.78, 5) is 24.5. The highest BCUT2D eigenvalue weighted by atomic mass is 16.5. The Labute approximate surface area is 113 Å². The molecule has 0 aromatic carbocycles. The molecule has 19 heavy (non-hydrogen) atoms. The summed E-state index contributed by atoms with van der Waals surface area (Å²) in [5.41, 5.74) is 0. The lowest BCUT2D eigenvalue weighted by Crippen LogP contribution is -2.53. The summed E-state index contributed by atoms with van der Waals surface area (Å²) in [5.74, 6) is 0.223. The second kappa shape index (κ2) is 6.37. The van der Waals surface area contributed by atoms with Crippen LogP contribution in [0, 0.1) is 11.8 Å². The number of ether oxygens (including phenoxy) is 1. The zero-order chi connectivity index (χ0) is 13.8. The number of hydrogen-bond donors (Lipinski definition) is 1. The van der Waals surface area contributed by atoms with E-state index in [1.807, 2.05) is 4.90 Å². The van der Waals surface area contributed by atoms with Crippen molar-refractivity contribution < 1.29 is 19.4 Å². The fourth-order valence-corrected chi connectivity index (χ4v) is 3.53. The third-order valence-corrected chi connectivity index (χ3v) is 4.51. The first-order valence-electron chi connectivity index (χ1n) is 7.18. The largest absolute Gasteiger partial charge is 0.480 e. The van der Waals surface area contributed by atoms with Crippen molar-refractivity contribution in [2.75, 3.05) is 19.8 Å². The van der Waals surface area contributed by atoms with Gasteiger partial charge in [-0.2, -0.15) is 0 Å². The van der Waals surface area contributed by atoms with Gasteiger partial charge in [-0.1, -0.05) is 19.8 Å². The van der Waals surface area contributed by atoms with Gasteiger partial charge in [-0.15, -0.1) is 0 Å². The van der Waals surface area contributed by atoms with E-state index in [2.05, 4.69) is 6.92 Å². The molecule has 3 atom stereocenters. The van der Waals surface area contributed by atoms with Crippen LogP contribution in [0.25, 0.3) is 0 Å². The Hall–Kier alpha value is -1.10. The van der Waals surface area contributed by atoms with Gasteiger partial charge in [0.15, 0.2) is 0 Å². The van der Waals surface area contributed by atoms with E-state index < -0.39 is 12.6 Å². The molecule has 0 radical (unpaired) electrons. The minimum absolute atomic E-state index is 0.0509. The zero-order valence-electron chi connectivity index (χ0n) is 11.5. The molecule has 2 aliphatic rings. The quantitative estimate of drug-likeness (QED) is 0.840. The number of likely N-dealkylation sites (tertiary alicyclic amines) is 1. The number of hydrogen-bond acceptors (Lipinski definition) is 3. The molecule has 2 fully saturated rings. The van der Waals surface area contributed by atoms with Gasteiger partial charge in [0.1, 0.15) is 13.2 Å². The minimum Gasteiger partial charge on any atom is -0.480 e. The lowest BCUT2D eigenvalue weighted by atomic mass is 9.72. The molecule has 3 unspecified atom stereocenters. The highest BCUT2D eigenvalue weighted by Crippen LogP contribution is 2.38. The molecule has 0 aromatic rings. The number of amides is 1. The second-order valence-electron chi connectivity index (χ2n) is 5.76. The average Bonchev–Trinajstić information content (AvgIpc) is 2.39. The van der Waals surface area contributed by atoms with Crippen LogP contribution in [0.3, 0.4) is 0 Å². The smallest absolute Gasteiger partial charge is 0.329 e. The van der Waals surface area contributed by atoms with Crippen molar-refractivity contribution in [2.24, 2.45) is 11.8 Å². The third-order valence-electron chi connectivity index (χ3n) is 4.51. The number of rotatable bonds is 4. The van der Waals surface area contributed by atoms with Crippen LogP contribution in [0.5, 0.6) is 0 Å². The van der Waals surface area contributed by atoms with Crippen molar-refractivity contribution >= 4 is 11.9 Å². The first-order valence-corrected chi connectivity index (χ1v) is 7.18. The number of carbonyl (C=O) groups is 2. The molecule has 0 spiro atoms. The maximum Gasteiger partial charge on any atom is 0.329 e. The van der Waals surface area contributed by atoms with Gasteiger partial charge < -0.3 is 14.7 Å². The van der Waals surface area contributed by atoms with Crippen molar-refractivity contribution in [3.05, 3.63) is 0 Å². The monoisotopic (exact) mass is 269 g/mol. The minimum atomic E-state index is -1.03. The zero-order valence-corrected chi connectivity index (χ0v) is 11.5. The van der Waals surface area contributed by atoms with Crippen LogP contribution < -0.4 is 0 Å². The van der Waals surface area contributed by atoms with Gasteiger partial charge in [0.25, 0.3) is 0 Å². The number of carbonyl (C=O) groups excluding carboxylic acids is 1. The number of carboxylic acids is 1. The Morgan fingerprint density at radius 1 is 1.21 bits per heavy atom. The Kier molecular flexibility index (Phi) is 4.80. The van der Waals surface area contributed by atoms with E-state index in [9.17, 15) is 9.59 Å². The molecule has 108 valence electrons. The lowest BCUT2D eigenvalue weighted by molar-refractivity contribution is -0.149. The summed E-state index contributed by atoms with van der Waals surface area (Å²) < 4.78 is 4.93. The maximum atomic E-state index is 12.1. The van der Waals surface area contributed by atoms with E-state index in [4.69, 9.17) is 9.84 Å². The first-order chi connectivity index (χ1) is 9.09. The molecular weight excluding hydrogens is 246 g/mol. The molecular formula is C14H23NO4.